The van der Waals surface area contributed by atoms with Gasteiger partial charge < -0.3 is 10.0 Å². The van der Waals surface area contributed by atoms with E-state index in [0.29, 0.717) is 12.0 Å². The zero-order chi connectivity index (χ0) is 15.1. The van der Waals surface area contributed by atoms with Crippen LogP contribution in [0.4, 0.5) is 0 Å². The minimum atomic E-state index is -0.0799. The van der Waals surface area contributed by atoms with Gasteiger partial charge in [0.05, 0.1) is 6.10 Å². The fourth-order valence-corrected chi connectivity index (χ4v) is 3.78. The highest BCUT2D eigenvalue weighted by Gasteiger charge is 2.30. The molecule has 0 heterocycles. The van der Waals surface area contributed by atoms with Crippen LogP contribution in [-0.2, 0) is 0 Å². The fourth-order valence-electron chi connectivity index (χ4n) is 3.78. The van der Waals surface area contributed by atoms with Crippen molar-refractivity contribution in [1.29, 1.82) is 0 Å². The molecule has 0 spiro atoms. The number of hydrogen-bond acceptors (Lipinski definition) is 3. The van der Waals surface area contributed by atoms with Crippen molar-refractivity contribution in [2.24, 2.45) is 11.8 Å². The van der Waals surface area contributed by atoms with Gasteiger partial charge in [0.1, 0.15) is 0 Å². The van der Waals surface area contributed by atoms with Crippen molar-refractivity contribution in [1.82, 2.24) is 9.80 Å². The molecule has 0 aliphatic heterocycles. The Morgan fingerprint density at radius 1 is 1.20 bits per heavy atom. The summed E-state index contributed by atoms with van der Waals surface area (Å²) in [6.07, 6.45) is 5.99. The molecule has 0 aromatic heterocycles. The summed E-state index contributed by atoms with van der Waals surface area (Å²) in [4.78, 5) is 4.80. The molecule has 4 atom stereocenters. The highest BCUT2D eigenvalue weighted by Crippen LogP contribution is 2.33. The van der Waals surface area contributed by atoms with Gasteiger partial charge in [0.2, 0.25) is 0 Å². The van der Waals surface area contributed by atoms with E-state index in [1.54, 1.807) is 0 Å². The van der Waals surface area contributed by atoms with Crippen LogP contribution in [0.3, 0.4) is 0 Å². The number of nitrogens with zero attached hydrogens (tertiary/aromatic N) is 2. The SMILES string of the molecule is CCCC1CCC(O)C(CN(CC)C(C)CN(C)C)C1. The Hall–Kier alpha value is -0.120. The zero-order valence-corrected chi connectivity index (χ0v) is 14.3. The van der Waals surface area contributed by atoms with Gasteiger partial charge in [0.15, 0.2) is 0 Å². The van der Waals surface area contributed by atoms with E-state index in [1.165, 1.54) is 25.7 Å². The summed E-state index contributed by atoms with van der Waals surface area (Å²) in [6.45, 7) is 10.1. The molecule has 1 N–H and O–H groups in total. The van der Waals surface area contributed by atoms with Gasteiger partial charge in [-0.1, -0.05) is 26.7 Å². The van der Waals surface area contributed by atoms with Crippen molar-refractivity contribution in [2.75, 3.05) is 33.7 Å². The molecule has 0 bridgehead atoms. The Morgan fingerprint density at radius 2 is 1.90 bits per heavy atom. The Bertz CT molecular complexity index is 257. The van der Waals surface area contributed by atoms with Gasteiger partial charge in [-0.25, -0.2) is 0 Å². The maximum atomic E-state index is 10.3. The Labute approximate surface area is 126 Å². The molecular weight excluding hydrogens is 248 g/mol. The van der Waals surface area contributed by atoms with Crippen molar-refractivity contribution >= 4 is 0 Å². The third-order valence-electron chi connectivity index (χ3n) is 4.88. The highest BCUT2D eigenvalue weighted by atomic mass is 16.3. The lowest BCUT2D eigenvalue weighted by atomic mass is 9.77. The molecule has 3 nitrogen and oxygen atoms in total. The molecule has 120 valence electrons. The molecule has 1 aliphatic rings. The topological polar surface area (TPSA) is 26.7 Å². The summed E-state index contributed by atoms with van der Waals surface area (Å²) < 4.78 is 0. The van der Waals surface area contributed by atoms with Crippen LogP contribution in [0.1, 0.15) is 52.9 Å². The minimum Gasteiger partial charge on any atom is -0.393 e. The van der Waals surface area contributed by atoms with Crippen LogP contribution in [0.25, 0.3) is 0 Å². The molecule has 4 unspecified atom stereocenters. The van der Waals surface area contributed by atoms with Crippen LogP contribution >= 0.6 is 0 Å². The van der Waals surface area contributed by atoms with Gasteiger partial charge in [-0.2, -0.15) is 0 Å². The molecule has 20 heavy (non-hydrogen) atoms. The van der Waals surface area contributed by atoms with Crippen molar-refractivity contribution in [2.45, 2.75) is 65.0 Å². The lowest BCUT2D eigenvalue weighted by molar-refractivity contribution is 0.0177. The number of likely N-dealkylation sites (N-methyl/N-ethyl adjacent to an activating group) is 2. The van der Waals surface area contributed by atoms with Gasteiger partial charge in [-0.15, -0.1) is 0 Å². The quantitative estimate of drug-likeness (QED) is 0.742. The maximum Gasteiger partial charge on any atom is 0.0580 e. The summed E-state index contributed by atoms with van der Waals surface area (Å²) >= 11 is 0. The van der Waals surface area contributed by atoms with Gasteiger partial charge in [0.25, 0.3) is 0 Å². The largest absolute Gasteiger partial charge is 0.393 e. The van der Waals surface area contributed by atoms with Gasteiger partial charge in [-0.05, 0) is 58.7 Å². The average molecular weight is 284 g/mol. The molecule has 0 radical (unpaired) electrons. The van der Waals surface area contributed by atoms with Crippen molar-refractivity contribution in [3.05, 3.63) is 0 Å². The van der Waals surface area contributed by atoms with Crippen molar-refractivity contribution < 1.29 is 5.11 Å². The average Bonchev–Trinajstić information content (AvgIpc) is 2.38. The molecule has 0 aromatic carbocycles. The van der Waals surface area contributed by atoms with Gasteiger partial charge in [-0.3, -0.25) is 4.90 Å². The summed E-state index contributed by atoms with van der Waals surface area (Å²) in [5.41, 5.74) is 0. The van der Waals surface area contributed by atoms with Crippen LogP contribution in [-0.4, -0.2) is 60.8 Å². The first-order valence-corrected chi connectivity index (χ1v) is 8.54. The molecule has 1 fully saturated rings. The van der Waals surface area contributed by atoms with E-state index in [4.69, 9.17) is 0 Å². The smallest absolute Gasteiger partial charge is 0.0580 e. The van der Waals surface area contributed by atoms with E-state index < -0.39 is 0 Å². The Morgan fingerprint density at radius 3 is 2.45 bits per heavy atom. The second kappa shape index (κ2) is 9.01. The predicted octanol–water partition coefficient (Wildman–Crippen LogP) is 2.84. The molecule has 0 aromatic rings. The van der Waals surface area contributed by atoms with E-state index in [2.05, 4.69) is 44.7 Å². The first-order chi connectivity index (χ1) is 9.47. The molecule has 1 rings (SSSR count). The summed E-state index contributed by atoms with van der Waals surface area (Å²) in [7, 11) is 4.27. The van der Waals surface area contributed by atoms with Crippen LogP contribution in [0, 0.1) is 11.8 Å². The molecule has 0 saturated heterocycles. The number of hydrogen-bond donors (Lipinski definition) is 1. The Kier molecular flexibility index (Phi) is 8.08. The Balaban J connectivity index is 2.53. The zero-order valence-electron chi connectivity index (χ0n) is 14.3. The van der Waals surface area contributed by atoms with Gasteiger partial charge >= 0.3 is 0 Å². The van der Waals surface area contributed by atoms with E-state index in [1.807, 2.05) is 0 Å². The van der Waals surface area contributed by atoms with Crippen LogP contribution in [0.2, 0.25) is 0 Å². The fraction of sp³-hybridized carbons (Fsp3) is 1.00. The normalized spacial score (nSPS) is 29.1. The van der Waals surface area contributed by atoms with Crippen LogP contribution in [0.5, 0.6) is 0 Å². The molecule has 1 aliphatic carbocycles. The van der Waals surface area contributed by atoms with E-state index in [-0.39, 0.29) is 6.10 Å². The third-order valence-corrected chi connectivity index (χ3v) is 4.88. The van der Waals surface area contributed by atoms with E-state index in [0.717, 1.165) is 32.0 Å². The van der Waals surface area contributed by atoms with E-state index >= 15 is 0 Å². The van der Waals surface area contributed by atoms with Crippen molar-refractivity contribution in [3.8, 4) is 0 Å². The summed E-state index contributed by atoms with van der Waals surface area (Å²) in [5.74, 6) is 1.32. The second-order valence-corrected chi connectivity index (χ2v) is 6.99. The minimum absolute atomic E-state index is 0.0799. The monoisotopic (exact) mass is 284 g/mol. The third kappa shape index (κ3) is 5.71. The molecule has 3 heteroatoms. The number of aliphatic hydroxyl groups excluding tert-OH is 1. The van der Waals surface area contributed by atoms with Crippen LogP contribution < -0.4 is 0 Å². The maximum absolute atomic E-state index is 10.3. The first-order valence-electron chi connectivity index (χ1n) is 8.54. The molecule has 1 saturated carbocycles. The highest BCUT2D eigenvalue weighted by molar-refractivity contribution is 4.83. The van der Waals surface area contributed by atoms with Gasteiger partial charge in [0, 0.05) is 19.1 Å². The van der Waals surface area contributed by atoms with Crippen molar-refractivity contribution in [3.63, 3.8) is 0 Å². The van der Waals surface area contributed by atoms with E-state index in [9.17, 15) is 5.11 Å². The number of rotatable bonds is 8. The lowest BCUT2D eigenvalue weighted by Crippen LogP contribution is -2.45. The van der Waals surface area contributed by atoms with Crippen LogP contribution in [0.15, 0.2) is 0 Å². The lowest BCUT2D eigenvalue weighted by Gasteiger charge is -2.39. The predicted molar refractivity (Wildman–Crippen MR) is 87.0 cm³/mol. The first kappa shape index (κ1) is 17.9. The molecule has 0 amide bonds. The number of aliphatic hydroxyl groups is 1. The standard InChI is InChI=1S/C17H36N2O/c1-6-8-15-9-10-17(20)16(11-15)13-19(7-2)14(3)12-18(4)5/h14-17,20H,6-13H2,1-5H3. The second-order valence-electron chi connectivity index (χ2n) is 6.99. The summed E-state index contributed by atoms with van der Waals surface area (Å²) in [5, 5.41) is 10.3. The molecular formula is C17H36N2O. The summed E-state index contributed by atoms with van der Waals surface area (Å²) in [6, 6.07) is 0.564.